The van der Waals surface area contributed by atoms with E-state index in [1.54, 1.807) is 0 Å². The molecule has 0 heterocycles. The second kappa shape index (κ2) is 10.7. The molecule has 0 rings (SSSR count). The monoisotopic (exact) mass is 330 g/mol. The average Bonchev–Trinajstić information content (AvgIpc) is 2.31. The third-order valence-corrected chi connectivity index (χ3v) is 7.91. The Morgan fingerprint density at radius 3 is 1.50 bits per heavy atom. The van der Waals surface area contributed by atoms with Gasteiger partial charge < -0.3 is 0 Å². The molecule has 1 heteroatoms. The predicted molar refractivity (Wildman–Crippen MR) is 77.2 cm³/mol. The van der Waals surface area contributed by atoms with E-state index in [4.69, 9.17) is 0 Å². The molecule has 0 unspecified atom stereocenters. The van der Waals surface area contributed by atoms with Crippen molar-refractivity contribution in [2.24, 2.45) is 0 Å². The SMILES string of the molecule is C=[CH][Sn][C](CCCC)(CCCC)CCCC. The van der Waals surface area contributed by atoms with Crippen LogP contribution in [0.15, 0.2) is 10.7 Å². The first kappa shape index (κ1) is 16.5. The number of hydrogen-bond acceptors (Lipinski definition) is 0. The molecular formula is C15H30Sn. The summed E-state index contributed by atoms with van der Waals surface area (Å²) in [4.78, 5) is 0. The zero-order valence-electron chi connectivity index (χ0n) is 11.6. The van der Waals surface area contributed by atoms with Crippen LogP contribution >= 0.6 is 0 Å². The van der Waals surface area contributed by atoms with Crippen LogP contribution in [0.3, 0.4) is 0 Å². The molecule has 0 aliphatic rings. The fourth-order valence-corrected chi connectivity index (χ4v) is 6.34. The normalized spacial score (nSPS) is 11.7. The maximum absolute atomic E-state index is 4.05. The number of hydrogen-bond donors (Lipinski definition) is 0. The van der Waals surface area contributed by atoms with E-state index in [-0.39, 0.29) is 21.1 Å². The van der Waals surface area contributed by atoms with Gasteiger partial charge in [0.15, 0.2) is 0 Å². The van der Waals surface area contributed by atoms with Crippen molar-refractivity contribution < 1.29 is 0 Å². The van der Waals surface area contributed by atoms with Crippen LogP contribution in [0.2, 0.25) is 3.43 Å². The van der Waals surface area contributed by atoms with Crippen molar-refractivity contribution in [3.05, 3.63) is 10.7 Å². The molecule has 94 valence electrons. The van der Waals surface area contributed by atoms with Crippen molar-refractivity contribution in [1.82, 2.24) is 0 Å². The molecular weight excluding hydrogens is 299 g/mol. The fraction of sp³-hybridized carbons (Fsp3) is 0.867. The number of rotatable bonds is 11. The standard InChI is InChI=1S/C13H27.C2H3.Sn/c1-4-7-10-13(11-8-5-2)12-9-6-3;1-2;/h4-12H2,1-3H3;1H,2H2;. The van der Waals surface area contributed by atoms with Crippen LogP contribution in [-0.2, 0) is 0 Å². The Labute approximate surface area is 114 Å². The van der Waals surface area contributed by atoms with E-state index < -0.39 is 0 Å². The van der Waals surface area contributed by atoms with Crippen molar-refractivity contribution in [3.8, 4) is 0 Å². The Kier molecular flexibility index (Phi) is 11.0. The summed E-state index contributed by atoms with van der Waals surface area (Å²) in [5.74, 6) is 0. The molecule has 0 spiro atoms. The van der Waals surface area contributed by atoms with Gasteiger partial charge in [0.1, 0.15) is 0 Å². The van der Waals surface area contributed by atoms with Crippen molar-refractivity contribution in [1.29, 1.82) is 0 Å². The van der Waals surface area contributed by atoms with E-state index in [1.165, 1.54) is 57.8 Å². The average molecular weight is 329 g/mol. The van der Waals surface area contributed by atoms with Gasteiger partial charge in [-0.3, -0.25) is 0 Å². The zero-order chi connectivity index (χ0) is 12.3. The van der Waals surface area contributed by atoms with Crippen molar-refractivity contribution in [3.63, 3.8) is 0 Å². The first-order valence-electron chi connectivity index (χ1n) is 7.13. The molecule has 0 aromatic heterocycles. The van der Waals surface area contributed by atoms with Crippen molar-refractivity contribution in [2.45, 2.75) is 82.0 Å². The van der Waals surface area contributed by atoms with Crippen molar-refractivity contribution in [2.75, 3.05) is 0 Å². The van der Waals surface area contributed by atoms with Gasteiger partial charge in [0, 0.05) is 0 Å². The van der Waals surface area contributed by atoms with E-state index >= 15 is 0 Å². The van der Waals surface area contributed by atoms with E-state index in [9.17, 15) is 0 Å². The molecule has 0 saturated heterocycles. The van der Waals surface area contributed by atoms with Gasteiger partial charge in [0.05, 0.1) is 0 Å². The van der Waals surface area contributed by atoms with Gasteiger partial charge in [0.25, 0.3) is 0 Å². The fourth-order valence-electron chi connectivity index (χ4n) is 2.35. The van der Waals surface area contributed by atoms with Crippen LogP contribution in [0.1, 0.15) is 78.6 Å². The van der Waals surface area contributed by atoms with Gasteiger partial charge in [-0.1, -0.05) is 0 Å². The Morgan fingerprint density at radius 1 is 0.875 bits per heavy atom. The van der Waals surface area contributed by atoms with Crippen molar-refractivity contribution >= 4 is 21.1 Å². The quantitative estimate of drug-likeness (QED) is 0.435. The van der Waals surface area contributed by atoms with E-state index in [1.807, 2.05) is 0 Å². The zero-order valence-corrected chi connectivity index (χ0v) is 14.5. The van der Waals surface area contributed by atoms with Crippen LogP contribution in [0, 0.1) is 0 Å². The molecule has 0 aromatic carbocycles. The van der Waals surface area contributed by atoms with Crippen LogP contribution < -0.4 is 0 Å². The number of unbranched alkanes of at least 4 members (excludes halogenated alkanes) is 3. The first-order chi connectivity index (χ1) is 7.74. The van der Waals surface area contributed by atoms with Crippen LogP contribution in [0.25, 0.3) is 0 Å². The predicted octanol–water partition coefficient (Wildman–Crippen LogP) is 5.56. The minimum atomic E-state index is -0.359. The molecule has 0 fully saturated rings. The van der Waals surface area contributed by atoms with Crippen LogP contribution in [0.5, 0.6) is 0 Å². The van der Waals surface area contributed by atoms with Gasteiger partial charge in [-0.15, -0.1) is 0 Å². The maximum atomic E-state index is 4.05. The molecule has 0 bridgehead atoms. The van der Waals surface area contributed by atoms with Gasteiger partial charge in [-0.05, 0) is 0 Å². The third-order valence-electron chi connectivity index (χ3n) is 3.43. The molecule has 16 heavy (non-hydrogen) atoms. The molecule has 2 radical (unpaired) electrons. The van der Waals surface area contributed by atoms with Gasteiger partial charge in [0.2, 0.25) is 0 Å². The summed E-state index contributed by atoms with van der Waals surface area (Å²) in [6.45, 7) is 11.0. The molecule has 0 aromatic rings. The first-order valence-corrected chi connectivity index (χ1v) is 10.2. The van der Waals surface area contributed by atoms with Crippen LogP contribution in [-0.4, -0.2) is 21.1 Å². The molecule has 0 aliphatic carbocycles. The second-order valence-electron chi connectivity index (χ2n) is 4.94. The summed E-state index contributed by atoms with van der Waals surface area (Å²) in [5.41, 5.74) is 0. The van der Waals surface area contributed by atoms with Gasteiger partial charge in [-0.25, -0.2) is 0 Å². The Hall–Kier alpha value is 0.539. The summed E-state index contributed by atoms with van der Waals surface area (Å²) in [7, 11) is 0. The Balaban J connectivity index is 4.37. The molecule has 0 amide bonds. The summed E-state index contributed by atoms with van der Waals surface area (Å²) in [5, 5.41) is 0. The topological polar surface area (TPSA) is 0 Å². The molecule has 0 nitrogen and oxygen atoms in total. The molecule has 0 saturated carbocycles. The van der Waals surface area contributed by atoms with Crippen LogP contribution in [0.4, 0.5) is 0 Å². The van der Waals surface area contributed by atoms with E-state index in [0.29, 0.717) is 0 Å². The summed E-state index contributed by atoms with van der Waals surface area (Å²) < 4.78 is 3.08. The Morgan fingerprint density at radius 2 is 1.25 bits per heavy atom. The molecule has 0 atom stereocenters. The van der Waals surface area contributed by atoms with E-state index in [2.05, 4.69) is 31.4 Å². The Bertz CT molecular complexity index is 141. The van der Waals surface area contributed by atoms with E-state index in [0.717, 1.165) is 3.43 Å². The summed E-state index contributed by atoms with van der Waals surface area (Å²) in [6, 6.07) is 0. The third kappa shape index (κ3) is 6.98. The minimum absolute atomic E-state index is 0.359. The molecule has 0 N–H and O–H groups in total. The van der Waals surface area contributed by atoms with Gasteiger partial charge in [-0.2, -0.15) is 0 Å². The second-order valence-corrected chi connectivity index (χ2v) is 9.96. The summed E-state index contributed by atoms with van der Waals surface area (Å²) >= 11 is -0.359. The van der Waals surface area contributed by atoms with Gasteiger partial charge >= 0.3 is 114 Å². The summed E-state index contributed by atoms with van der Waals surface area (Å²) in [6.07, 6.45) is 12.8. The molecule has 0 aliphatic heterocycles.